The summed E-state index contributed by atoms with van der Waals surface area (Å²) in [4.78, 5) is 0. The van der Waals surface area contributed by atoms with Gasteiger partial charge in [0.1, 0.15) is 0 Å². The first-order chi connectivity index (χ1) is 6.24. The van der Waals surface area contributed by atoms with Gasteiger partial charge in [0, 0.05) is 13.7 Å². The van der Waals surface area contributed by atoms with E-state index in [1.807, 2.05) is 5.01 Å². The molecule has 13 heavy (non-hydrogen) atoms. The number of hydrazone groups is 1. The molecule has 76 valence electrons. The Morgan fingerprint density at radius 1 is 1.77 bits per heavy atom. The highest BCUT2D eigenvalue weighted by molar-refractivity contribution is 5.61. The molecule has 0 spiro atoms. The lowest BCUT2D eigenvalue weighted by Crippen LogP contribution is -2.29. The largest absolute Gasteiger partial charge is 0.388 e. The zero-order valence-electron chi connectivity index (χ0n) is 8.31. The summed E-state index contributed by atoms with van der Waals surface area (Å²) in [7, 11) is 1.70. The molecule has 0 bridgehead atoms. The lowest BCUT2D eigenvalue weighted by atomic mass is 10.2. The highest BCUT2D eigenvalue weighted by atomic mass is 16.5. The molecule has 1 unspecified atom stereocenters. The van der Waals surface area contributed by atoms with Crippen LogP contribution in [0.25, 0.3) is 0 Å². The number of aliphatic hydroxyl groups is 1. The Morgan fingerprint density at radius 3 is 3.15 bits per heavy atom. The number of methoxy groups -OCH3 is 1. The van der Waals surface area contributed by atoms with Crippen molar-refractivity contribution >= 4 is 6.21 Å². The molecule has 1 N–H and O–H groups in total. The number of nitrogens with zero attached hydrogens (tertiary/aromatic N) is 2. The second kappa shape index (κ2) is 5.19. The minimum Gasteiger partial charge on any atom is -0.388 e. The number of aliphatic hydroxyl groups excluding tert-OH is 1. The second-order valence-corrected chi connectivity index (χ2v) is 3.42. The summed E-state index contributed by atoms with van der Waals surface area (Å²) in [6.07, 6.45) is 3.38. The Hall–Kier alpha value is -0.610. The van der Waals surface area contributed by atoms with Crippen molar-refractivity contribution in [1.29, 1.82) is 0 Å². The minimum absolute atomic E-state index is 0.389. The van der Waals surface area contributed by atoms with Crippen molar-refractivity contribution in [2.24, 2.45) is 5.10 Å². The quantitative estimate of drug-likeness (QED) is 0.649. The first-order valence-corrected chi connectivity index (χ1v) is 4.71. The SMILES string of the molecule is COC[C@@H]1CCCN1N=CC(C)O. The van der Waals surface area contributed by atoms with Gasteiger partial charge in [-0.25, -0.2) is 0 Å². The Kier molecular flexibility index (Phi) is 4.18. The highest BCUT2D eigenvalue weighted by Gasteiger charge is 2.22. The maximum absolute atomic E-state index is 9.02. The summed E-state index contributed by atoms with van der Waals surface area (Å²) in [6, 6.07) is 0.389. The molecule has 0 saturated carbocycles. The summed E-state index contributed by atoms with van der Waals surface area (Å²) in [5.41, 5.74) is 0. The summed E-state index contributed by atoms with van der Waals surface area (Å²) in [6.45, 7) is 3.39. The van der Waals surface area contributed by atoms with Crippen LogP contribution in [0.4, 0.5) is 0 Å². The van der Waals surface area contributed by atoms with Crippen LogP contribution in [0.3, 0.4) is 0 Å². The van der Waals surface area contributed by atoms with Gasteiger partial charge in [0.05, 0.1) is 25.0 Å². The Balaban J connectivity index is 2.39. The van der Waals surface area contributed by atoms with Gasteiger partial charge in [-0.15, -0.1) is 0 Å². The standard InChI is InChI=1S/C9H18N2O2/c1-8(12)6-10-11-5-3-4-9(11)7-13-2/h6,8-9,12H,3-5,7H2,1-2H3/t8?,9-/m0/s1. The van der Waals surface area contributed by atoms with E-state index in [-0.39, 0.29) is 0 Å². The van der Waals surface area contributed by atoms with Crippen LogP contribution in [0, 0.1) is 0 Å². The van der Waals surface area contributed by atoms with Crippen LogP contribution in [0.2, 0.25) is 0 Å². The maximum atomic E-state index is 9.02. The minimum atomic E-state index is -0.469. The third-order valence-corrected chi connectivity index (χ3v) is 2.14. The lowest BCUT2D eigenvalue weighted by Gasteiger charge is -2.20. The molecule has 0 aromatic carbocycles. The van der Waals surface area contributed by atoms with Gasteiger partial charge in [-0.3, -0.25) is 5.01 Å². The van der Waals surface area contributed by atoms with Crippen molar-refractivity contribution in [3.63, 3.8) is 0 Å². The van der Waals surface area contributed by atoms with E-state index in [2.05, 4.69) is 5.10 Å². The van der Waals surface area contributed by atoms with Gasteiger partial charge in [0.2, 0.25) is 0 Å². The topological polar surface area (TPSA) is 45.1 Å². The first-order valence-electron chi connectivity index (χ1n) is 4.71. The monoisotopic (exact) mass is 186 g/mol. The third kappa shape index (κ3) is 3.32. The average Bonchev–Trinajstić information content (AvgIpc) is 2.49. The Morgan fingerprint density at radius 2 is 2.54 bits per heavy atom. The van der Waals surface area contributed by atoms with Crippen LogP contribution in [-0.2, 0) is 4.74 Å². The van der Waals surface area contributed by atoms with E-state index in [0.717, 1.165) is 26.0 Å². The third-order valence-electron chi connectivity index (χ3n) is 2.14. The fourth-order valence-corrected chi connectivity index (χ4v) is 1.52. The van der Waals surface area contributed by atoms with E-state index >= 15 is 0 Å². The van der Waals surface area contributed by atoms with Crippen molar-refractivity contribution in [2.45, 2.75) is 31.9 Å². The van der Waals surface area contributed by atoms with Crippen molar-refractivity contribution in [3.05, 3.63) is 0 Å². The molecule has 1 rings (SSSR count). The van der Waals surface area contributed by atoms with E-state index < -0.39 is 6.10 Å². The summed E-state index contributed by atoms with van der Waals surface area (Å²) < 4.78 is 5.08. The molecule has 4 heteroatoms. The van der Waals surface area contributed by atoms with E-state index in [4.69, 9.17) is 9.84 Å². The average molecular weight is 186 g/mol. The van der Waals surface area contributed by atoms with Gasteiger partial charge < -0.3 is 9.84 Å². The number of hydrogen-bond donors (Lipinski definition) is 1. The van der Waals surface area contributed by atoms with E-state index in [9.17, 15) is 0 Å². The van der Waals surface area contributed by atoms with Crippen LogP contribution in [0.5, 0.6) is 0 Å². The zero-order chi connectivity index (χ0) is 9.68. The van der Waals surface area contributed by atoms with Crippen molar-refractivity contribution in [3.8, 4) is 0 Å². The highest BCUT2D eigenvalue weighted by Crippen LogP contribution is 2.17. The van der Waals surface area contributed by atoms with Gasteiger partial charge in [-0.2, -0.15) is 5.10 Å². The van der Waals surface area contributed by atoms with E-state index in [1.54, 1.807) is 20.2 Å². The number of ether oxygens (including phenoxy) is 1. The number of hydrogen-bond acceptors (Lipinski definition) is 4. The molecule has 0 aliphatic carbocycles. The fourth-order valence-electron chi connectivity index (χ4n) is 1.52. The molecule has 2 atom stereocenters. The maximum Gasteiger partial charge on any atom is 0.0880 e. The predicted octanol–water partition coefficient (Wildman–Crippen LogP) is 0.464. The van der Waals surface area contributed by atoms with Crippen LogP contribution >= 0.6 is 0 Å². The molecule has 0 amide bonds. The molecule has 1 aliphatic rings. The summed E-state index contributed by atoms with van der Waals surface area (Å²) >= 11 is 0. The van der Waals surface area contributed by atoms with Crippen LogP contribution in [0.1, 0.15) is 19.8 Å². The molecule has 1 fully saturated rings. The molecule has 1 heterocycles. The zero-order valence-corrected chi connectivity index (χ0v) is 8.31. The van der Waals surface area contributed by atoms with Crippen molar-refractivity contribution in [1.82, 2.24) is 5.01 Å². The van der Waals surface area contributed by atoms with Gasteiger partial charge in [0.25, 0.3) is 0 Å². The van der Waals surface area contributed by atoms with Gasteiger partial charge in [-0.1, -0.05) is 0 Å². The molecular weight excluding hydrogens is 168 g/mol. The molecule has 1 saturated heterocycles. The summed E-state index contributed by atoms with van der Waals surface area (Å²) in [5, 5.41) is 15.2. The second-order valence-electron chi connectivity index (χ2n) is 3.42. The first kappa shape index (κ1) is 10.5. The van der Waals surface area contributed by atoms with Crippen molar-refractivity contribution in [2.75, 3.05) is 20.3 Å². The molecular formula is C9H18N2O2. The number of rotatable bonds is 4. The predicted molar refractivity (Wildman–Crippen MR) is 51.8 cm³/mol. The fraction of sp³-hybridized carbons (Fsp3) is 0.889. The molecule has 1 aliphatic heterocycles. The van der Waals surface area contributed by atoms with Crippen molar-refractivity contribution < 1.29 is 9.84 Å². The Labute approximate surface area is 79.2 Å². The molecule has 0 aromatic heterocycles. The lowest BCUT2D eigenvalue weighted by molar-refractivity contribution is 0.117. The normalized spacial score (nSPS) is 25.8. The smallest absolute Gasteiger partial charge is 0.0880 e. The van der Waals surface area contributed by atoms with Gasteiger partial charge in [0.15, 0.2) is 0 Å². The van der Waals surface area contributed by atoms with E-state index in [0.29, 0.717) is 6.04 Å². The molecule has 0 radical (unpaired) electrons. The van der Waals surface area contributed by atoms with Gasteiger partial charge >= 0.3 is 0 Å². The van der Waals surface area contributed by atoms with Crippen LogP contribution < -0.4 is 0 Å². The Bertz CT molecular complexity index is 171. The summed E-state index contributed by atoms with van der Waals surface area (Å²) in [5.74, 6) is 0. The van der Waals surface area contributed by atoms with Crippen LogP contribution in [-0.4, -0.2) is 48.7 Å². The van der Waals surface area contributed by atoms with Gasteiger partial charge in [-0.05, 0) is 19.8 Å². The van der Waals surface area contributed by atoms with E-state index in [1.165, 1.54) is 0 Å². The molecule has 4 nitrogen and oxygen atoms in total. The molecule has 0 aromatic rings. The van der Waals surface area contributed by atoms with Crippen LogP contribution in [0.15, 0.2) is 5.10 Å².